The predicted molar refractivity (Wildman–Crippen MR) is 71.5 cm³/mol. The SMILES string of the molecule is C=Cc1ccc(C(O)c2ccccc2OC)s1. The number of aliphatic hydroxyl groups excluding tert-OH is 1. The Morgan fingerprint density at radius 1 is 1.29 bits per heavy atom. The summed E-state index contributed by atoms with van der Waals surface area (Å²) in [6.07, 6.45) is 1.13. The topological polar surface area (TPSA) is 29.5 Å². The first-order chi connectivity index (χ1) is 8.26. The molecule has 0 spiro atoms. The van der Waals surface area contributed by atoms with Crippen molar-refractivity contribution in [3.05, 3.63) is 58.3 Å². The standard InChI is InChI=1S/C14H14O2S/c1-3-10-8-9-13(17-10)14(15)11-6-4-5-7-12(11)16-2/h3-9,14-15H,1H2,2H3. The van der Waals surface area contributed by atoms with Gasteiger partial charge in [-0.1, -0.05) is 30.9 Å². The molecule has 0 aliphatic heterocycles. The zero-order valence-corrected chi connectivity index (χ0v) is 10.4. The highest BCUT2D eigenvalue weighted by Gasteiger charge is 2.16. The van der Waals surface area contributed by atoms with E-state index in [1.807, 2.05) is 36.4 Å². The molecule has 0 saturated carbocycles. The summed E-state index contributed by atoms with van der Waals surface area (Å²) in [4.78, 5) is 1.94. The van der Waals surface area contributed by atoms with Crippen LogP contribution in [0.5, 0.6) is 5.75 Å². The smallest absolute Gasteiger partial charge is 0.125 e. The van der Waals surface area contributed by atoms with Gasteiger partial charge in [-0.15, -0.1) is 11.3 Å². The maximum atomic E-state index is 10.3. The zero-order valence-electron chi connectivity index (χ0n) is 9.59. The predicted octanol–water partition coefficient (Wildman–Crippen LogP) is 3.48. The van der Waals surface area contributed by atoms with Crippen LogP contribution >= 0.6 is 11.3 Å². The van der Waals surface area contributed by atoms with Gasteiger partial charge in [0.2, 0.25) is 0 Å². The second-order valence-corrected chi connectivity index (χ2v) is 4.74. The Bertz CT molecular complexity index is 516. The van der Waals surface area contributed by atoms with Gasteiger partial charge in [-0.25, -0.2) is 0 Å². The van der Waals surface area contributed by atoms with Gasteiger partial charge < -0.3 is 9.84 Å². The maximum absolute atomic E-state index is 10.3. The fourth-order valence-electron chi connectivity index (χ4n) is 1.67. The third-order valence-corrected chi connectivity index (χ3v) is 3.69. The molecule has 17 heavy (non-hydrogen) atoms. The summed E-state index contributed by atoms with van der Waals surface area (Å²) >= 11 is 1.53. The molecule has 2 aromatic rings. The van der Waals surface area contributed by atoms with Crippen molar-refractivity contribution in [3.8, 4) is 5.75 Å². The lowest BCUT2D eigenvalue weighted by Gasteiger charge is -2.13. The van der Waals surface area contributed by atoms with E-state index in [9.17, 15) is 5.11 Å². The largest absolute Gasteiger partial charge is 0.496 e. The summed E-state index contributed by atoms with van der Waals surface area (Å²) in [6, 6.07) is 11.4. The molecule has 0 saturated heterocycles. The van der Waals surface area contributed by atoms with Crippen molar-refractivity contribution < 1.29 is 9.84 Å². The molecule has 0 aliphatic rings. The van der Waals surface area contributed by atoms with Gasteiger partial charge >= 0.3 is 0 Å². The first-order valence-corrected chi connectivity index (χ1v) is 6.11. The van der Waals surface area contributed by atoms with E-state index < -0.39 is 6.10 Å². The van der Waals surface area contributed by atoms with Crippen molar-refractivity contribution in [1.82, 2.24) is 0 Å². The van der Waals surface area contributed by atoms with E-state index in [0.717, 1.165) is 15.3 Å². The van der Waals surface area contributed by atoms with E-state index in [-0.39, 0.29) is 0 Å². The molecule has 0 radical (unpaired) electrons. The molecule has 2 rings (SSSR count). The van der Waals surface area contributed by atoms with Crippen LogP contribution in [-0.4, -0.2) is 12.2 Å². The molecule has 88 valence electrons. The summed E-state index contributed by atoms with van der Waals surface area (Å²) in [5.74, 6) is 0.702. The third kappa shape index (κ3) is 2.40. The van der Waals surface area contributed by atoms with Gasteiger partial charge in [0, 0.05) is 15.3 Å². The average Bonchev–Trinajstić information content (AvgIpc) is 2.86. The van der Waals surface area contributed by atoms with Gasteiger partial charge in [0.1, 0.15) is 11.9 Å². The molecule has 3 heteroatoms. The van der Waals surface area contributed by atoms with Gasteiger partial charge in [0.25, 0.3) is 0 Å². The summed E-state index contributed by atoms with van der Waals surface area (Å²) in [5.41, 5.74) is 0.785. The first-order valence-electron chi connectivity index (χ1n) is 5.29. The lowest BCUT2D eigenvalue weighted by atomic mass is 10.1. The molecule has 1 unspecified atom stereocenters. The molecule has 1 aromatic carbocycles. The number of hydrogen-bond donors (Lipinski definition) is 1. The van der Waals surface area contributed by atoms with Crippen LogP contribution in [0.3, 0.4) is 0 Å². The number of thiophene rings is 1. The number of benzene rings is 1. The molecule has 1 aromatic heterocycles. The molecular formula is C14H14O2S. The Morgan fingerprint density at radius 2 is 2.06 bits per heavy atom. The van der Waals surface area contributed by atoms with E-state index in [1.165, 1.54) is 11.3 Å². The highest BCUT2D eigenvalue weighted by atomic mass is 32.1. The lowest BCUT2D eigenvalue weighted by molar-refractivity contribution is 0.218. The minimum Gasteiger partial charge on any atom is -0.496 e. The summed E-state index contributed by atoms with van der Waals surface area (Å²) in [7, 11) is 1.61. The Labute approximate surface area is 105 Å². The minimum absolute atomic E-state index is 0.648. The van der Waals surface area contributed by atoms with Crippen molar-refractivity contribution in [2.45, 2.75) is 6.10 Å². The molecule has 1 heterocycles. The van der Waals surface area contributed by atoms with Crippen LogP contribution < -0.4 is 4.74 Å². The summed E-state index contributed by atoms with van der Waals surface area (Å²) in [5, 5.41) is 10.3. The summed E-state index contributed by atoms with van der Waals surface area (Å²) < 4.78 is 5.25. The van der Waals surface area contributed by atoms with Crippen molar-refractivity contribution in [3.63, 3.8) is 0 Å². The van der Waals surface area contributed by atoms with Gasteiger partial charge in [-0.3, -0.25) is 0 Å². The van der Waals surface area contributed by atoms with E-state index in [1.54, 1.807) is 13.2 Å². The van der Waals surface area contributed by atoms with Crippen LogP contribution in [-0.2, 0) is 0 Å². The molecule has 0 bridgehead atoms. The number of hydrogen-bond acceptors (Lipinski definition) is 3. The number of aliphatic hydroxyl groups is 1. The Kier molecular flexibility index (Phi) is 3.61. The van der Waals surface area contributed by atoms with E-state index in [2.05, 4.69) is 6.58 Å². The van der Waals surface area contributed by atoms with Crippen LogP contribution in [0.25, 0.3) is 6.08 Å². The maximum Gasteiger partial charge on any atom is 0.125 e. The Morgan fingerprint density at radius 3 is 2.71 bits per heavy atom. The Hall–Kier alpha value is -1.58. The highest BCUT2D eigenvalue weighted by Crippen LogP contribution is 2.33. The molecule has 1 atom stereocenters. The molecule has 2 nitrogen and oxygen atoms in total. The van der Waals surface area contributed by atoms with Gasteiger partial charge in [0.05, 0.1) is 7.11 Å². The second-order valence-electron chi connectivity index (χ2n) is 3.59. The number of para-hydroxylation sites is 1. The molecule has 0 aliphatic carbocycles. The minimum atomic E-state index is -0.648. The lowest BCUT2D eigenvalue weighted by Crippen LogP contribution is -2.00. The molecule has 0 amide bonds. The van der Waals surface area contributed by atoms with Crippen LogP contribution in [0, 0.1) is 0 Å². The fraction of sp³-hybridized carbons (Fsp3) is 0.143. The average molecular weight is 246 g/mol. The number of ether oxygens (including phenoxy) is 1. The number of rotatable bonds is 4. The monoisotopic (exact) mass is 246 g/mol. The summed E-state index contributed by atoms with van der Waals surface area (Å²) in [6.45, 7) is 3.71. The first kappa shape index (κ1) is 11.9. The van der Waals surface area contributed by atoms with Crippen LogP contribution in [0.1, 0.15) is 21.4 Å². The zero-order chi connectivity index (χ0) is 12.3. The van der Waals surface area contributed by atoms with Crippen molar-refractivity contribution in [1.29, 1.82) is 0 Å². The van der Waals surface area contributed by atoms with Gasteiger partial charge in [-0.2, -0.15) is 0 Å². The van der Waals surface area contributed by atoms with Crippen molar-refractivity contribution >= 4 is 17.4 Å². The second kappa shape index (κ2) is 5.17. The van der Waals surface area contributed by atoms with Crippen LogP contribution in [0.2, 0.25) is 0 Å². The highest BCUT2D eigenvalue weighted by molar-refractivity contribution is 7.13. The van der Waals surface area contributed by atoms with E-state index >= 15 is 0 Å². The molecular weight excluding hydrogens is 232 g/mol. The van der Waals surface area contributed by atoms with Crippen LogP contribution in [0.4, 0.5) is 0 Å². The van der Waals surface area contributed by atoms with Gasteiger partial charge in [-0.05, 0) is 18.2 Å². The van der Waals surface area contributed by atoms with E-state index in [0.29, 0.717) is 5.75 Å². The molecule has 1 N–H and O–H groups in total. The van der Waals surface area contributed by atoms with Gasteiger partial charge in [0.15, 0.2) is 0 Å². The quantitative estimate of drug-likeness (QED) is 0.895. The third-order valence-electron chi connectivity index (χ3n) is 2.55. The van der Waals surface area contributed by atoms with E-state index in [4.69, 9.17) is 4.74 Å². The Balaban J connectivity index is 2.35. The molecule has 0 fully saturated rings. The van der Waals surface area contributed by atoms with Crippen LogP contribution in [0.15, 0.2) is 43.0 Å². The number of methoxy groups -OCH3 is 1. The van der Waals surface area contributed by atoms with Crippen molar-refractivity contribution in [2.24, 2.45) is 0 Å². The fourth-order valence-corrected chi connectivity index (χ4v) is 2.54. The van der Waals surface area contributed by atoms with Crippen molar-refractivity contribution in [2.75, 3.05) is 7.11 Å². The normalized spacial score (nSPS) is 12.1.